The van der Waals surface area contributed by atoms with Crippen LogP contribution in [0, 0.1) is 0 Å². The van der Waals surface area contributed by atoms with Crippen LogP contribution in [0.3, 0.4) is 0 Å². The Morgan fingerprint density at radius 3 is 3.12 bits per heavy atom. The third-order valence-electron chi connectivity index (χ3n) is 4.38. The summed E-state index contributed by atoms with van der Waals surface area (Å²) in [4.78, 5) is 21.3. The second kappa shape index (κ2) is 7.90. The summed E-state index contributed by atoms with van der Waals surface area (Å²) in [6.07, 6.45) is 0.510. The number of benzene rings is 1. The van der Waals surface area contributed by atoms with Gasteiger partial charge in [0.15, 0.2) is 0 Å². The molecule has 1 fully saturated rings. The number of carbonyl (C=O) groups excluding carboxylic acids is 1. The molecule has 1 aromatic carbocycles. The lowest BCUT2D eigenvalue weighted by Crippen LogP contribution is -2.50. The van der Waals surface area contributed by atoms with E-state index < -0.39 is 0 Å². The van der Waals surface area contributed by atoms with Gasteiger partial charge in [-0.3, -0.25) is 4.79 Å². The summed E-state index contributed by atoms with van der Waals surface area (Å²) in [5.74, 6) is -0.190. The number of nitrogens with one attached hydrogen (secondary N) is 1. The van der Waals surface area contributed by atoms with E-state index >= 15 is 0 Å². The molecule has 0 spiro atoms. The minimum atomic E-state index is -0.199. The fraction of sp³-hybridized carbons (Fsp3) is 0.316. The molecule has 0 saturated carbocycles. The molecule has 3 aromatic rings. The lowest BCUT2D eigenvalue weighted by atomic mass is 10.1. The smallest absolute Gasteiger partial charge is 0.270 e. The summed E-state index contributed by atoms with van der Waals surface area (Å²) in [6.45, 7) is 1.48. The Balaban J connectivity index is 1.43. The van der Waals surface area contributed by atoms with Crippen molar-refractivity contribution in [1.82, 2.24) is 15.3 Å². The summed E-state index contributed by atoms with van der Waals surface area (Å²) >= 11 is 1.54. The maximum Gasteiger partial charge on any atom is 0.270 e. The Morgan fingerprint density at radius 1 is 1.31 bits per heavy atom. The molecule has 4 rings (SSSR count). The number of amides is 1. The van der Waals surface area contributed by atoms with E-state index in [4.69, 9.17) is 9.47 Å². The van der Waals surface area contributed by atoms with Crippen LogP contribution in [-0.4, -0.2) is 41.2 Å². The van der Waals surface area contributed by atoms with Gasteiger partial charge in [-0.1, -0.05) is 24.3 Å². The Kier molecular flexibility index (Phi) is 5.19. The molecule has 0 aliphatic carbocycles. The number of fused-ring (bicyclic) bond motifs is 1. The van der Waals surface area contributed by atoms with Crippen LogP contribution in [0.15, 0.2) is 47.3 Å². The molecule has 1 N–H and O–H groups in total. The second-order valence-electron chi connectivity index (χ2n) is 6.16. The molecule has 7 heteroatoms. The minimum Gasteiger partial charge on any atom is -0.379 e. The lowest BCUT2D eigenvalue weighted by Gasteiger charge is -2.31. The average Bonchev–Trinajstić information content (AvgIpc) is 3.20. The van der Waals surface area contributed by atoms with E-state index in [1.165, 1.54) is 11.3 Å². The van der Waals surface area contributed by atoms with E-state index in [9.17, 15) is 4.79 Å². The van der Waals surface area contributed by atoms with Gasteiger partial charge in [0.1, 0.15) is 11.8 Å². The first kappa shape index (κ1) is 17.1. The maximum atomic E-state index is 12.7. The summed E-state index contributed by atoms with van der Waals surface area (Å²) in [7, 11) is 0. The molecule has 2 aromatic heterocycles. The number of para-hydroxylation sites is 1. The van der Waals surface area contributed by atoms with Gasteiger partial charge in [0.25, 0.3) is 5.91 Å². The molecule has 0 unspecified atom stereocenters. The van der Waals surface area contributed by atoms with E-state index in [0.29, 0.717) is 31.9 Å². The molecule has 134 valence electrons. The largest absolute Gasteiger partial charge is 0.379 e. The molecule has 26 heavy (non-hydrogen) atoms. The van der Waals surface area contributed by atoms with E-state index in [1.807, 2.05) is 35.7 Å². The summed E-state index contributed by atoms with van der Waals surface area (Å²) in [6, 6.07) is 11.3. The van der Waals surface area contributed by atoms with E-state index in [1.54, 1.807) is 11.6 Å². The second-order valence-corrected chi connectivity index (χ2v) is 6.88. The maximum absolute atomic E-state index is 12.7. The van der Waals surface area contributed by atoms with Crippen LogP contribution in [0.1, 0.15) is 22.6 Å². The molecule has 1 amide bonds. The monoisotopic (exact) mass is 369 g/mol. The molecule has 3 heterocycles. The highest BCUT2D eigenvalue weighted by molar-refractivity contribution is 7.07. The van der Waals surface area contributed by atoms with Crippen molar-refractivity contribution in [2.45, 2.75) is 25.2 Å². The first-order valence-corrected chi connectivity index (χ1v) is 9.47. The van der Waals surface area contributed by atoms with Gasteiger partial charge in [0.2, 0.25) is 0 Å². The average molecular weight is 369 g/mol. The van der Waals surface area contributed by atoms with Crippen LogP contribution in [0.25, 0.3) is 10.9 Å². The normalized spacial score (nSPS) is 20.2. The van der Waals surface area contributed by atoms with Gasteiger partial charge < -0.3 is 14.8 Å². The summed E-state index contributed by atoms with van der Waals surface area (Å²) < 4.78 is 11.4. The number of hydrogen-bond acceptors (Lipinski definition) is 6. The Morgan fingerprint density at radius 2 is 2.23 bits per heavy atom. The molecule has 6 nitrogen and oxygen atoms in total. The summed E-state index contributed by atoms with van der Waals surface area (Å²) in [5, 5.41) is 6.02. The number of thiazole rings is 1. The van der Waals surface area contributed by atoms with Crippen LogP contribution >= 0.6 is 11.3 Å². The molecular formula is C19H19N3O3S. The van der Waals surface area contributed by atoms with Crippen LogP contribution in [0.5, 0.6) is 0 Å². The molecule has 1 aliphatic heterocycles. The van der Waals surface area contributed by atoms with Gasteiger partial charge >= 0.3 is 0 Å². The van der Waals surface area contributed by atoms with Crippen molar-refractivity contribution in [2.75, 3.05) is 13.2 Å². The highest BCUT2D eigenvalue weighted by Crippen LogP contribution is 2.16. The van der Waals surface area contributed by atoms with Crippen LogP contribution in [0.2, 0.25) is 0 Å². The first-order valence-electron chi connectivity index (χ1n) is 8.53. The van der Waals surface area contributed by atoms with Gasteiger partial charge in [0.05, 0.1) is 36.0 Å². The van der Waals surface area contributed by atoms with Crippen LogP contribution in [-0.2, 0) is 16.1 Å². The Hall–Kier alpha value is -2.35. The fourth-order valence-corrected chi connectivity index (χ4v) is 3.52. The van der Waals surface area contributed by atoms with Crippen molar-refractivity contribution in [1.29, 1.82) is 0 Å². The Bertz CT molecular complexity index is 885. The van der Waals surface area contributed by atoms with Crippen molar-refractivity contribution in [3.05, 3.63) is 58.7 Å². The highest BCUT2D eigenvalue weighted by Gasteiger charge is 2.28. The van der Waals surface area contributed by atoms with Gasteiger partial charge in [-0.25, -0.2) is 9.97 Å². The predicted octanol–water partition coefficient (Wildman–Crippen LogP) is 2.80. The van der Waals surface area contributed by atoms with E-state index in [0.717, 1.165) is 16.6 Å². The van der Waals surface area contributed by atoms with Crippen LogP contribution in [0.4, 0.5) is 0 Å². The van der Waals surface area contributed by atoms with Crippen LogP contribution < -0.4 is 5.32 Å². The number of nitrogens with zero attached hydrogens (tertiary/aromatic N) is 2. The van der Waals surface area contributed by atoms with Crippen molar-refractivity contribution in [3.63, 3.8) is 0 Å². The number of hydrogen-bond donors (Lipinski definition) is 1. The number of carbonyl (C=O) groups is 1. The highest BCUT2D eigenvalue weighted by atomic mass is 32.1. The molecule has 2 atom stereocenters. The number of aromatic nitrogens is 2. The third-order valence-corrected chi connectivity index (χ3v) is 5.02. The molecule has 1 aliphatic rings. The molecule has 0 bridgehead atoms. The molecule has 0 radical (unpaired) electrons. The SMILES string of the molecule is O=C(N[C@@H]1CCOC[C@H]1OCc1cscn1)c1ccc2ccccc2n1. The lowest BCUT2D eigenvalue weighted by molar-refractivity contribution is -0.0742. The zero-order chi connectivity index (χ0) is 17.8. The van der Waals surface area contributed by atoms with Gasteiger partial charge in [-0.2, -0.15) is 0 Å². The first-order chi connectivity index (χ1) is 12.8. The third kappa shape index (κ3) is 3.90. The fourth-order valence-electron chi connectivity index (χ4n) is 2.98. The zero-order valence-electron chi connectivity index (χ0n) is 14.1. The quantitative estimate of drug-likeness (QED) is 0.749. The topological polar surface area (TPSA) is 73.3 Å². The summed E-state index contributed by atoms with van der Waals surface area (Å²) in [5.41, 5.74) is 3.89. The molecule has 1 saturated heterocycles. The van der Waals surface area contributed by atoms with Gasteiger partial charge in [-0.15, -0.1) is 11.3 Å². The van der Waals surface area contributed by atoms with Gasteiger partial charge in [0, 0.05) is 17.4 Å². The zero-order valence-corrected chi connectivity index (χ0v) is 14.9. The van der Waals surface area contributed by atoms with Crippen molar-refractivity contribution >= 4 is 28.1 Å². The van der Waals surface area contributed by atoms with E-state index in [-0.39, 0.29) is 18.1 Å². The van der Waals surface area contributed by atoms with Crippen molar-refractivity contribution in [2.24, 2.45) is 0 Å². The minimum absolute atomic E-state index is 0.108. The van der Waals surface area contributed by atoms with Crippen molar-refractivity contribution < 1.29 is 14.3 Å². The Labute approximate surface area is 155 Å². The number of pyridine rings is 1. The predicted molar refractivity (Wildman–Crippen MR) is 99.1 cm³/mol. The standard InChI is InChI=1S/C19H19N3O3S/c23-19(17-6-5-13-3-1-2-4-15(13)21-17)22-16-7-8-24-10-18(16)25-9-14-11-26-12-20-14/h1-6,11-12,16,18H,7-10H2,(H,22,23)/t16-,18-/m1/s1. The van der Waals surface area contributed by atoms with E-state index in [2.05, 4.69) is 15.3 Å². The number of ether oxygens (including phenoxy) is 2. The van der Waals surface area contributed by atoms with Gasteiger partial charge in [-0.05, 0) is 18.6 Å². The molecular weight excluding hydrogens is 350 g/mol. The number of rotatable bonds is 5. The van der Waals surface area contributed by atoms with Crippen molar-refractivity contribution in [3.8, 4) is 0 Å².